The van der Waals surface area contributed by atoms with Crippen LogP contribution >= 0.6 is 0 Å². The van der Waals surface area contributed by atoms with Crippen LogP contribution in [-0.4, -0.2) is 21.2 Å². The number of hydrogen-bond acceptors (Lipinski definition) is 3. The molecular weight excluding hydrogens is 266 g/mol. The van der Waals surface area contributed by atoms with E-state index in [0.29, 0.717) is 22.2 Å². The number of aryl methyl sites for hydroxylation is 1. The van der Waals surface area contributed by atoms with Crippen LogP contribution in [0.5, 0.6) is 5.75 Å². The van der Waals surface area contributed by atoms with Gasteiger partial charge in [-0.05, 0) is 30.7 Å². The molecule has 0 bridgehead atoms. The van der Waals surface area contributed by atoms with E-state index >= 15 is 0 Å². The van der Waals surface area contributed by atoms with Crippen molar-refractivity contribution in [2.75, 3.05) is 0 Å². The van der Waals surface area contributed by atoms with E-state index in [1.54, 1.807) is 30.3 Å². The first kappa shape index (κ1) is 13.1. The molecule has 0 saturated carbocycles. The number of pyridine rings is 1. The van der Waals surface area contributed by atoms with E-state index in [2.05, 4.69) is 4.98 Å². The molecule has 104 valence electrons. The molecular formula is C17H13NO3. The van der Waals surface area contributed by atoms with Gasteiger partial charge in [0.25, 0.3) is 0 Å². The number of carboxylic acids is 1. The van der Waals surface area contributed by atoms with Gasteiger partial charge in [0.15, 0.2) is 0 Å². The molecule has 3 rings (SSSR count). The van der Waals surface area contributed by atoms with E-state index in [1.165, 1.54) is 6.07 Å². The summed E-state index contributed by atoms with van der Waals surface area (Å²) < 4.78 is 0. The zero-order valence-electron chi connectivity index (χ0n) is 11.4. The highest BCUT2D eigenvalue weighted by Gasteiger charge is 2.15. The first-order valence-corrected chi connectivity index (χ1v) is 6.50. The zero-order valence-corrected chi connectivity index (χ0v) is 11.4. The van der Waals surface area contributed by atoms with Crippen molar-refractivity contribution in [1.29, 1.82) is 0 Å². The molecule has 3 aromatic rings. The fraction of sp³-hybridized carbons (Fsp3) is 0.0588. The molecule has 0 amide bonds. The van der Waals surface area contributed by atoms with E-state index in [4.69, 9.17) is 0 Å². The van der Waals surface area contributed by atoms with E-state index in [9.17, 15) is 15.0 Å². The van der Waals surface area contributed by atoms with E-state index in [-0.39, 0.29) is 11.3 Å². The maximum absolute atomic E-state index is 11.5. The second-order valence-corrected chi connectivity index (χ2v) is 4.85. The summed E-state index contributed by atoms with van der Waals surface area (Å²) in [6.45, 7) is 1.88. The molecule has 1 heterocycles. The van der Waals surface area contributed by atoms with Crippen molar-refractivity contribution in [3.05, 3.63) is 59.7 Å². The number of rotatable bonds is 2. The van der Waals surface area contributed by atoms with Crippen molar-refractivity contribution < 1.29 is 15.0 Å². The Morgan fingerprint density at radius 2 is 1.86 bits per heavy atom. The molecule has 4 nitrogen and oxygen atoms in total. The van der Waals surface area contributed by atoms with Crippen molar-refractivity contribution in [3.63, 3.8) is 0 Å². The summed E-state index contributed by atoms with van der Waals surface area (Å²) in [6.07, 6.45) is 0. The number of phenols is 1. The second kappa shape index (κ2) is 4.90. The van der Waals surface area contributed by atoms with Gasteiger partial charge in [-0.15, -0.1) is 0 Å². The van der Waals surface area contributed by atoms with Crippen LogP contribution in [-0.2, 0) is 0 Å². The van der Waals surface area contributed by atoms with Gasteiger partial charge in [-0.2, -0.15) is 0 Å². The molecule has 0 aliphatic rings. The number of para-hydroxylation sites is 2. The summed E-state index contributed by atoms with van der Waals surface area (Å²) in [5.41, 5.74) is 2.68. The average molecular weight is 279 g/mol. The van der Waals surface area contributed by atoms with Crippen molar-refractivity contribution in [3.8, 4) is 17.0 Å². The van der Waals surface area contributed by atoms with Crippen LogP contribution in [0.3, 0.4) is 0 Å². The topological polar surface area (TPSA) is 70.4 Å². The molecule has 0 saturated heterocycles. The smallest absolute Gasteiger partial charge is 0.336 e. The highest BCUT2D eigenvalue weighted by Crippen LogP contribution is 2.31. The van der Waals surface area contributed by atoms with Gasteiger partial charge < -0.3 is 10.2 Å². The Hall–Kier alpha value is -2.88. The standard InChI is InChI=1S/C17H13NO3/c1-10-5-4-7-11-13(17(20)21)9-14(18-16(10)11)12-6-2-3-8-15(12)19/h2-9,19H,1H3,(H,20,21). The highest BCUT2D eigenvalue weighted by atomic mass is 16.4. The molecule has 0 spiro atoms. The fourth-order valence-electron chi connectivity index (χ4n) is 2.40. The summed E-state index contributed by atoms with van der Waals surface area (Å²) in [7, 11) is 0. The Bertz CT molecular complexity index is 856. The van der Waals surface area contributed by atoms with Gasteiger partial charge in [0, 0.05) is 10.9 Å². The van der Waals surface area contributed by atoms with E-state index in [1.807, 2.05) is 19.1 Å². The number of aromatic hydroxyl groups is 1. The van der Waals surface area contributed by atoms with Gasteiger partial charge in [0.1, 0.15) is 5.75 Å². The van der Waals surface area contributed by atoms with Crippen molar-refractivity contribution in [1.82, 2.24) is 4.98 Å². The largest absolute Gasteiger partial charge is 0.507 e. The number of fused-ring (bicyclic) bond motifs is 1. The molecule has 0 aliphatic heterocycles. The van der Waals surface area contributed by atoms with Crippen LogP contribution in [0.25, 0.3) is 22.2 Å². The normalized spacial score (nSPS) is 10.7. The lowest BCUT2D eigenvalue weighted by Gasteiger charge is -2.10. The monoisotopic (exact) mass is 279 g/mol. The number of aromatic nitrogens is 1. The van der Waals surface area contributed by atoms with Crippen molar-refractivity contribution >= 4 is 16.9 Å². The van der Waals surface area contributed by atoms with Crippen LogP contribution in [0.1, 0.15) is 15.9 Å². The summed E-state index contributed by atoms with van der Waals surface area (Å²) in [5.74, 6) is -0.932. The SMILES string of the molecule is Cc1cccc2c(C(=O)O)cc(-c3ccccc3O)nc12. The summed E-state index contributed by atoms with van der Waals surface area (Å²) in [5, 5.41) is 20.0. The molecule has 2 N–H and O–H groups in total. The third kappa shape index (κ3) is 2.21. The lowest BCUT2D eigenvalue weighted by Crippen LogP contribution is -2.01. The summed E-state index contributed by atoms with van der Waals surface area (Å²) in [6, 6.07) is 13.7. The number of hydrogen-bond donors (Lipinski definition) is 2. The van der Waals surface area contributed by atoms with Crippen LogP contribution in [0.2, 0.25) is 0 Å². The summed E-state index contributed by atoms with van der Waals surface area (Å²) in [4.78, 5) is 16.0. The third-order valence-corrected chi connectivity index (χ3v) is 3.45. The third-order valence-electron chi connectivity index (χ3n) is 3.45. The number of carbonyl (C=O) groups is 1. The Morgan fingerprint density at radius 1 is 1.10 bits per heavy atom. The van der Waals surface area contributed by atoms with Gasteiger partial charge in [-0.25, -0.2) is 9.78 Å². The first-order valence-electron chi connectivity index (χ1n) is 6.50. The molecule has 0 unspecified atom stereocenters. The Morgan fingerprint density at radius 3 is 2.57 bits per heavy atom. The maximum Gasteiger partial charge on any atom is 0.336 e. The highest BCUT2D eigenvalue weighted by molar-refractivity contribution is 6.04. The summed E-state index contributed by atoms with van der Waals surface area (Å²) >= 11 is 0. The van der Waals surface area contributed by atoms with Gasteiger partial charge in [-0.1, -0.05) is 30.3 Å². The predicted molar refractivity (Wildman–Crippen MR) is 80.5 cm³/mol. The van der Waals surface area contributed by atoms with Gasteiger partial charge in [0.2, 0.25) is 0 Å². The predicted octanol–water partition coefficient (Wildman–Crippen LogP) is 3.61. The minimum Gasteiger partial charge on any atom is -0.507 e. The molecule has 1 aromatic heterocycles. The number of phenolic OH excluding ortho intramolecular Hbond substituents is 1. The van der Waals surface area contributed by atoms with E-state index in [0.717, 1.165) is 5.56 Å². The second-order valence-electron chi connectivity index (χ2n) is 4.85. The molecule has 4 heteroatoms. The van der Waals surface area contributed by atoms with Gasteiger partial charge in [0.05, 0.1) is 16.8 Å². The first-order chi connectivity index (χ1) is 10.1. The quantitative estimate of drug-likeness (QED) is 0.751. The lowest BCUT2D eigenvalue weighted by molar-refractivity contribution is 0.0699. The van der Waals surface area contributed by atoms with Crippen molar-refractivity contribution in [2.45, 2.75) is 6.92 Å². The molecule has 0 atom stereocenters. The number of benzene rings is 2. The molecule has 0 fully saturated rings. The molecule has 0 radical (unpaired) electrons. The Balaban J connectivity index is 2.38. The lowest BCUT2D eigenvalue weighted by atomic mass is 10.0. The molecule has 2 aromatic carbocycles. The number of aromatic carboxylic acids is 1. The molecule has 21 heavy (non-hydrogen) atoms. The van der Waals surface area contributed by atoms with Crippen LogP contribution in [0.15, 0.2) is 48.5 Å². The Labute approximate surface area is 121 Å². The Kier molecular flexibility index (Phi) is 3.06. The molecule has 0 aliphatic carbocycles. The van der Waals surface area contributed by atoms with Gasteiger partial charge >= 0.3 is 5.97 Å². The van der Waals surface area contributed by atoms with Crippen LogP contribution in [0.4, 0.5) is 0 Å². The number of nitrogens with zero attached hydrogens (tertiary/aromatic N) is 1. The minimum absolute atomic E-state index is 0.0780. The van der Waals surface area contributed by atoms with Gasteiger partial charge in [-0.3, -0.25) is 0 Å². The maximum atomic E-state index is 11.5. The van der Waals surface area contributed by atoms with Crippen LogP contribution in [0, 0.1) is 6.92 Å². The average Bonchev–Trinajstić information content (AvgIpc) is 2.47. The van der Waals surface area contributed by atoms with Crippen molar-refractivity contribution in [2.24, 2.45) is 0 Å². The van der Waals surface area contributed by atoms with E-state index < -0.39 is 5.97 Å². The van der Waals surface area contributed by atoms with Crippen LogP contribution < -0.4 is 0 Å². The number of carboxylic acid groups (broad SMARTS) is 1. The fourth-order valence-corrected chi connectivity index (χ4v) is 2.40. The minimum atomic E-state index is -1.01. The zero-order chi connectivity index (χ0) is 15.0.